The molecule has 2 aliphatic rings. The number of nitrogens with one attached hydrogen (secondary N) is 1. The molecular formula is C20H23N3O2S. The van der Waals surface area contributed by atoms with Gasteiger partial charge in [-0.25, -0.2) is 0 Å². The van der Waals surface area contributed by atoms with Crippen LogP contribution in [0.3, 0.4) is 0 Å². The molecule has 1 aliphatic carbocycles. The second-order valence-corrected chi connectivity index (χ2v) is 8.19. The highest BCUT2D eigenvalue weighted by Gasteiger charge is 2.29. The van der Waals surface area contributed by atoms with E-state index in [1.165, 1.54) is 27.3 Å². The Labute approximate surface area is 157 Å². The van der Waals surface area contributed by atoms with Crippen molar-refractivity contribution in [2.24, 2.45) is 5.73 Å². The van der Waals surface area contributed by atoms with Gasteiger partial charge in [-0.2, -0.15) is 0 Å². The molecule has 1 aromatic carbocycles. The number of nitrogens with two attached hydrogens (primary N) is 1. The minimum absolute atomic E-state index is 0.0770. The van der Waals surface area contributed by atoms with Gasteiger partial charge >= 0.3 is 0 Å². The summed E-state index contributed by atoms with van der Waals surface area (Å²) in [6, 6.07) is 8.12. The first-order chi connectivity index (χ1) is 12.5. The Morgan fingerprint density at radius 2 is 1.96 bits per heavy atom. The lowest BCUT2D eigenvalue weighted by Crippen LogP contribution is -2.44. The highest BCUT2D eigenvalue weighted by molar-refractivity contribution is 7.17. The first-order valence-corrected chi connectivity index (χ1v) is 9.92. The molecule has 5 nitrogen and oxygen atoms in total. The van der Waals surface area contributed by atoms with Gasteiger partial charge in [0.05, 0.1) is 11.6 Å². The molecule has 0 radical (unpaired) electrons. The number of carbonyl (C=O) groups excluding carboxylic acids is 2. The molecule has 26 heavy (non-hydrogen) atoms. The Morgan fingerprint density at radius 3 is 2.73 bits per heavy atom. The topological polar surface area (TPSA) is 75.4 Å². The summed E-state index contributed by atoms with van der Waals surface area (Å²) < 4.78 is 0. The van der Waals surface area contributed by atoms with E-state index in [1.807, 2.05) is 13.0 Å². The van der Waals surface area contributed by atoms with Crippen LogP contribution in [0.2, 0.25) is 0 Å². The van der Waals surface area contributed by atoms with Crippen molar-refractivity contribution in [3.8, 4) is 0 Å². The number of thiophene rings is 1. The van der Waals surface area contributed by atoms with Gasteiger partial charge in [0.1, 0.15) is 5.00 Å². The normalized spacial score (nSPS) is 17.4. The Kier molecular flexibility index (Phi) is 4.54. The van der Waals surface area contributed by atoms with Crippen molar-refractivity contribution in [3.05, 3.63) is 51.4 Å². The fourth-order valence-corrected chi connectivity index (χ4v) is 5.28. The van der Waals surface area contributed by atoms with E-state index in [-0.39, 0.29) is 11.9 Å². The van der Waals surface area contributed by atoms with Crippen LogP contribution in [0.15, 0.2) is 24.3 Å². The summed E-state index contributed by atoms with van der Waals surface area (Å²) in [5, 5.41) is 3.60. The molecule has 0 saturated carbocycles. The average molecular weight is 369 g/mol. The number of primary amides is 1. The van der Waals surface area contributed by atoms with E-state index >= 15 is 0 Å². The summed E-state index contributed by atoms with van der Waals surface area (Å²) in [5.74, 6) is -0.522. The van der Waals surface area contributed by atoms with Crippen LogP contribution in [-0.4, -0.2) is 29.3 Å². The molecule has 0 spiro atoms. The summed E-state index contributed by atoms with van der Waals surface area (Å²) in [7, 11) is 0. The Morgan fingerprint density at radius 1 is 1.19 bits per heavy atom. The fraction of sp³-hybridized carbons (Fsp3) is 0.400. The largest absolute Gasteiger partial charge is 0.365 e. The van der Waals surface area contributed by atoms with Gasteiger partial charge in [0.25, 0.3) is 5.91 Å². The monoisotopic (exact) mass is 369 g/mol. The van der Waals surface area contributed by atoms with Crippen molar-refractivity contribution in [1.29, 1.82) is 0 Å². The summed E-state index contributed by atoms with van der Waals surface area (Å²) in [6.45, 7) is 3.55. The minimum Gasteiger partial charge on any atom is -0.365 e. The van der Waals surface area contributed by atoms with Crippen molar-refractivity contribution in [2.45, 2.75) is 45.2 Å². The van der Waals surface area contributed by atoms with Crippen LogP contribution >= 0.6 is 11.3 Å². The summed E-state index contributed by atoms with van der Waals surface area (Å²) in [6.07, 6.45) is 3.85. The zero-order valence-electron chi connectivity index (χ0n) is 14.9. The molecule has 0 fully saturated rings. The van der Waals surface area contributed by atoms with Crippen molar-refractivity contribution >= 4 is 28.2 Å². The van der Waals surface area contributed by atoms with Crippen molar-refractivity contribution in [3.63, 3.8) is 0 Å². The third-order valence-electron chi connectivity index (χ3n) is 5.49. The molecule has 4 rings (SSSR count). The van der Waals surface area contributed by atoms with Crippen LogP contribution in [0.25, 0.3) is 0 Å². The number of benzene rings is 1. The van der Waals surface area contributed by atoms with Crippen LogP contribution < -0.4 is 11.1 Å². The molecule has 2 aromatic rings. The standard InChI is InChI=1S/C20H23N3O2S/c1-12(23-10-9-13-5-2-3-6-14(13)11-23)19(25)22-20-17(18(21)24)15-7-4-8-16(15)26-20/h2-3,5-6,12H,4,7-11H2,1H3,(H2,21,24)(H,22,25). The van der Waals surface area contributed by atoms with E-state index in [2.05, 4.69) is 28.4 Å². The predicted octanol–water partition coefficient (Wildman–Crippen LogP) is 2.72. The molecule has 0 bridgehead atoms. The lowest BCUT2D eigenvalue weighted by Gasteiger charge is -2.32. The van der Waals surface area contributed by atoms with Gasteiger partial charge in [0, 0.05) is 18.0 Å². The van der Waals surface area contributed by atoms with E-state index in [4.69, 9.17) is 5.73 Å². The Hall–Kier alpha value is -2.18. The van der Waals surface area contributed by atoms with Gasteiger partial charge in [0.2, 0.25) is 5.91 Å². The number of carbonyl (C=O) groups is 2. The van der Waals surface area contributed by atoms with Crippen LogP contribution in [0, 0.1) is 0 Å². The quantitative estimate of drug-likeness (QED) is 0.870. The van der Waals surface area contributed by atoms with Crippen molar-refractivity contribution in [2.75, 3.05) is 11.9 Å². The number of hydrogen-bond acceptors (Lipinski definition) is 4. The first kappa shape index (κ1) is 17.2. The molecule has 136 valence electrons. The van der Waals surface area contributed by atoms with E-state index in [0.29, 0.717) is 10.6 Å². The van der Waals surface area contributed by atoms with Crippen LogP contribution in [0.4, 0.5) is 5.00 Å². The molecule has 2 amide bonds. The number of anilines is 1. The molecule has 1 aliphatic heterocycles. The van der Waals surface area contributed by atoms with Gasteiger partial charge in [-0.15, -0.1) is 11.3 Å². The number of rotatable bonds is 4. The van der Waals surface area contributed by atoms with E-state index in [1.54, 1.807) is 0 Å². The van der Waals surface area contributed by atoms with Gasteiger partial charge in [0.15, 0.2) is 0 Å². The number of aryl methyl sites for hydroxylation is 1. The second-order valence-electron chi connectivity index (χ2n) is 7.08. The third-order valence-corrected chi connectivity index (χ3v) is 6.70. The van der Waals surface area contributed by atoms with Gasteiger partial charge in [-0.05, 0) is 49.3 Å². The molecule has 3 N–H and O–H groups in total. The number of hydrogen-bond donors (Lipinski definition) is 2. The number of fused-ring (bicyclic) bond motifs is 2. The molecule has 1 aromatic heterocycles. The average Bonchev–Trinajstić information content (AvgIpc) is 3.20. The number of amides is 2. The summed E-state index contributed by atoms with van der Waals surface area (Å²) >= 11 is 1.51. The van der Waals surface area contributed by atoms with Gasteiger partial charge in [-0.1, -0.05) is 24.3 Å². The highest BCUT2D eigenvalue weighted by Crippen LogP contribution is 2.39. The predicted molar refractivity (Wildman–Crippen MR) is 104 cm³/mol. The molecule has 1 unspecified atom stereocenters. The number of nitrogens with zero attached hydrogens (tertiary/aromatic N) is 1. The van der Waals surface area contributed by atoms with Crippen LogP contribution in [-0.2, 0) is 30.6 Å². The minimum atomic E-state index is -0.445. The maximum absolute atomic E-state index is 12.8. The Balaban J connectivity index is 1.50. The zero-order valence-corrected chi connectivity index (χ0v) is 15.7. The fourth-order valence-electron chi connectivity index (χ4n) is 3.98. The lowest BCUT2D eigenvalue weighted by atomic mass is 9.99. The van der Waals surface area contributed by atoms with Gasteiger partial charge in [-0.3, -0.25) is 14.5 Å². The molecule has 6 heteroatoms. The molecular weight excluding hydrogens is 346 g/mol. The van der Waals surface area contributed by atoms with Crippen molar-refractivity contribution < 1.29 is 9.59 Å². The van der Waals surface area contributed by atoms with Gasteiger partial charge < -0.3 is 11.1 Å². The maximum atomic E-state index is 12.8. The Bertz CT molecular complexity index is 874. The van der Waals surface area contributed by atoms with E-state index < -0.39 is 5.91 Å². The maximum Gasteiger partial charge on any atom is 0.251 e. The van der Waals surface area contributed by atoms with E-state index in [0.717, 1.165) is 44.3 Å². The smallest absolute Gasteiger partial charge is 0.251 e. The summed E-state index contributed by atoms with van der Waals surface area (Å²) in [5.41, 5.74) is 9.79. The highest BCUT2D eigenvalue weighted by atomic mass is 32.1. The van der Waals surface area contributed by atoms with Crippen LogP contribution in [0.1, 0.15) is 45.3 Å². The molecule has 0 saturated heterocycles. The first-order valence-electron chi connectivity index (χ1n) is 9.10. The lowest BCUT2D eigenvalue weighted by molar-refractivity contribution is -0.121. The third kappa shape index (κ3) is 3.04. The van der Waals surface area contributed by atoms with Crippen LogP contribution in [0.5, 0.6) is 0 Å². The van der Waals surface area contributed by atoms with Crippen molar-refractivity contribution in [1.82, 2.24) is 4.90 Å². The zero-order chi connectivity index (χ0) is 18.3. The second kappa shape index (κ2) is 6.85. The molecule has 1 atom stereocenters. The molecule has 2 heterocycles. The summed E-state index contributed by atoms with van der Waals surface area (Å²) in [4.78, 5) is 28.1. The SMILES string of the molecule is CC(C(=O)Nc1sc2c(c1C(N)=O)CCC2)N1CCc2ccccc2C1. The van der Waals surface area contributed by atoms with E-state index in [9.17, 15) is 9.59 Å².